The van der Waals surface area contributed by atoms with Gasteiger partial charge >= 0.3 is 5.97 Å². The molecule has 0 aromatic carbocycles. The van der Waals surface area contributed by atoms with Gasteiger partial charge in [0.1, 0.15) is 6.04 Å². The molecule has 2 rings (SSSR count). The summed E-state index contributed by atoms with van der Waals surface area (Å²) >= 11 is 0. The smallest absolute Gasteiger partial charge is 0.323 e. The molecule has 0 aromatic heterocycles. The molecule has 3 heteroatoms. The fourth-order valence-electron chi connectivity index (χ4n) is 2.83. The number of hydrogen-bond acceptors (Lipinski definition) is 3. The van der Waals surface area contributed by atoms with Crippen LogP contribution in [0.25, 0.3) is 0 Å². The SMILES string of the molecule is COC(=O)C(N[C@@H](C)C1CCCC1)C1CC1. The zero-order chi connectivity index (χ0) is 11.5. The van der Waals surface area contributed by atoms with Crippen molar-refractivity contribution in [1.29, 1.82) is 0 Å². The first-order valence-corrected chi connectivity index (χ1v) is 6.56. The van der Waals surface area contributed by atoms with Crippen LogP contribution in [0.3, 0.4) is 0 Å². The first kappa shape index (κ1) is 11.9. The van der Waals surface area contributed by atoms with Gasteiger partial charge in [-0.3, -0.25) is 4.79 Å². The molecule has 2 aliphatic carbocycles. The minimum Gasteiger partial charge on any atom is -0.468 e. The van der Waals surface area contributed by atoms with Crippen LogP contribution < -0.4 is 5.32 Å². The first-order valence-electron chi connectivity index (χ1n) is 6.56. The Morgan fingerprint density at radius 2 is 1.81 bits per heavy atom. The van der Waals surface area contributed by atoms with Gasteiger partial charge in [-0.05, 0) is 44.4 Å². The number of carbonyl (C=O) groups excluding carboxylic acids is 1. The van der Waals surface area contributed by atoms with Gasteiger partial charge < -0.3 is 10.1 Å². The second-order valence-electron chi connectivity index (χ2n) is 5.34. The Hall–Kier alpha value is -0.570. The van der Waals surface area contributed by atoms with Crippen LogP contribution in [-0.4, -0.2) is 25.2 Å². The van der Waals surface area contributed by atoms with Crippen LogP contribution in [0.15, 0.2) is 0 Å². The van der Waals surface area contributed by atoms with E-state index in [-0.39, 0.29) is 12.0 Å². The fourth-order valence-corrected chi connectivity index (χ4v) is 2.83. The number of nitrogens with one attached hydrogen (secondary N) is 1. The van der Waals surface area contributed by atoms with E-state index < -0.39 is 0 Å². The van der Waals surface area contributed by atoms with Gasteiger partial charge in [-0.15, -0.1) is 0 Å². The Morgan fingerprint density at radius 3 is 2.31 bits per heavy atom. The van der Waals surface area contributed by atoms with Crippen LogP contribution >= 0.6 is 0 Å². The predicted octanol–water partition coefficient (Wildman–Crippen LogP) is 2.11. The fraction of sp³-hybridized carbons (Fsp3) is 0.923. The van der Waals surface area contributed by atoms with E-state index in [1.54, 1.807) is 0 Å². The predicted molar refractivity (Wildman–Crippen MR) is 63.1 cm³/mol. The molecule has 0 saturated heterocycles. The van der Waals surface area contributed by atoms with Gasteiger partial charge in [0, 0.05) is 6.04 Å². The third-order valence-corrected chi connectivity index (χ3v) is 4.10. The molecular weight excluding hydrogens is 202 g/mol. The highest BCUT2D eigenvalue weighted by Crippen LogP contribution is 2.35. The van der Waals surface area contributed by atoms with E-state index in [1.165, 1.54) is 45.6 Å². The van der Waals surface area contributed by atoms with Crippen molar-refractivity contribution in [3.63, 3.8) is 0 Å². The van der Waals surface area contributed by atoms with Crippen molar-refractivity contribution in [2.24, 2.45) is 11.8 Å². The Labute approximate surface area is 97.9 Å². The van der Waals surface area contributed by atoms with Gasteiger partial charge in [-0.2, -0.15) is 0 Å². The molecule has 2 aliphatic rings. The van der Waals surface area contributed by atoms with Crippen LogP contribution in [0.1, 0.15) is 45.4 Å². The van der Waals surface area contributed by atoms with Gasteiger partial charge in [0.25, 0.3) is 0 Å². The zero-order valence-electron chi connectivity index (χ0n) is 10.4. The summed E-state index contributed by atoms with van der Waals surface area (Å²) in [6.07, 6.45) is 7.67. The second-order valence-corrected chi connectivity index (χ2v) is 5.34. The van der Waals surface area contributed by atoms with E-state index >= 15 is 0 Å². The second kappa shape index (κ2) is 5.17. The highest BCUT2D eigenvalue weighted by molar-refractivity contribution is 5.76. The topological polar surface area (TPSA) is 38.3 Å². The van der Waals surface area contributed by atoms with Crippen molar-refractivity contribution in [2.45, 2.75) is 57.5 Å². The summed E-state index contributed by atoms with van der Waals surface area (Å²) in [5, 5.41) is 3.50. The highest BCUT2D eigenvalue weighted by atomic mass is 16.5. The van der Waals surface area contributed by atoms with Crippen LogP contribution in [0, 0.1) is 11.8 Å². The van der Waals surface area contributed by atoms with Gasteiger partial charge in [0.2, 0.25) is 0 Å². The Balaban J connectivity index is 1.86. The summed E-state index contributed by atoms with van der Waals surface area (Å²) in [7, 11) is 1.49. The average molecular weight is 225 g/mol. The Kier molecular flexibility index (Phi) is 3.85. The Bertz CT molecular complexity index is 244. The Morgan fingerprint density at radius 1 is 1.19 bits per heavy atom. The summed E-state index contributed by atoms with van der Waals surface area (Å²) in [5.41, 5.74) is 0. The largest absolute Gasteiger partial charge is 0.468 e. The van der Waals surface area contributed by atoms with Crippen molar-refractivity contribution < 1.29 is 9.53 Å². The lowest BCUT2D eigenvalue weighted by molar-refractivity contribution is -0.144. The lowest BCUT2D eigenvalue weighted by Crippen LogP contribution is -2.46. The number of esters is 1. The summed E-state index contributed by atoms with van der Waals surface area (Å²) in [6, 6.07) is 0.396. The van der Waals surface area contributed by atoms with E-state index in [0.717, 1.165) is 5.92 Å². The molecule has 16 heavy (non-hydrogen) atoms. The summed E-state index contributed by atoms with van der Waals surface area (Å²) in [6.45, 7) is 2.22. The van der Waals surface area contributed by atoms with Crippen LogP contribution in [0.4, 0.5) is 0 Å². The monoisotopic (exact) mass is 225 g/mol. The molecule has 2 fully saturated rings. The molecule has 2 saturated carbocycles. The molecular formula is C13H23NO2. The van der Waals surface area contributed by atoms with Crippen molar-refractivity contribution in [3.8, 4) is 0 Å². The molecule has 1 N–H and O–H groups in total. The molecule has 0 amide bonds. The molecule has 3 nitrogen and oxygen atoms in total. The van der Waals surface area contributed by atoms with Crippen molar-refractivity contribution in [1.82, 2.24) is 5.32 Å². The quantitative estimate of drug-likeness (QED) is 0.728. The number of ether oxygens (including phenoxy) is 1. The molecule has 92 valence electrons. The van der Waals surface area contributed by atoms with Gasteiger partial charge in [-0.1, -0.05) is 12.8 Å². The van der Waals surface area contributed by atoms with E-state index in [2.05, 4.69) is 12.2 Å². The minimum absolute atomic E-state index is 0.0550. The maximum absolute atomic E-state index is 11.7. The molecule has 2 atom stereocenters. The van der Waals surface area contributed by atoms with Crippen LogP contribution in [0.2, 0.25) is 0 Å². The lowest BCUT2D eigenvalue weighted by Gasteiger charge is -2.25. The van der Waals surface area contributed by atoms with E-state index in [0.29, 0.717) is 12.0 Å². The first-order chi connectivity index (χ1) is 7.72. The van der Waals surface area contributed by atoms with Crippen LogP contribution in [-0.2, 0) is 9.53 Å². The lowest BCUT2D eigenvalue weighted by atomic mass is 9.98. The van der Waals surface area contributed by atoms with Crippen molar-refractivity contribution in [2.75, 3.05) is 7.11 Å². The van der Waals surface area contributed by atoms with Gasteiger partial charge in [0.15, 0.2) is 0 Å². The van der Waals surface area contributed by atoms with E-state index in [4.69, 9.17) is 4.74 Å². The van der Waals surface area contributed by atoms with Gasteiger partial charge in [0.05, 0.1) is 7.11 Å². The van der Waals surface area contributed by atoms with E-state index in [9.17, 15) is 4.79 Å². The molecule has 0 aliphatic heterocycles. The summed E-state index contributed by atoms with van der Waals surface area (Å²) in [5.74, 6) is 1.20. The standard InChI is InChI=1S/C13H23NO2/c1-9(10-5-3-4-6-10)14-12(11-7-8-11)13(15)16-2/h9-12,14H,3-8H2,1-2H3/t9-,12?/m0/s1. The number of carbonyl (C=O) groups is 1. The average Bonchev–Trinajstić information content (AvgIpc) is 2.98. The summed E-state index contributed by atoms with van der Waals surface area (Å²) in [4.78, 5) is 11.7. The number of methoxy groups -OCH3 is 1. The molecule has 1 unspecified atom stereocenters. The zero-order valence-corrected chi connectivity index (χ0v) is 10.4. The van der Waals surface area contributed by atoms with Crippen LogP contribution in [0.5, 0.6) is 0 Å². The normalized spacial score (nSPS) is 25.4. The van der Waals surface area contributed by atoms with Crippen molar-refractivity contribution >= 4 is 5.97 Å². The summed E-state index contributed by atoms with van der Waals surface area (Å²) < 4.78 is 4.88. The highest BCUT2D eigenvalue weighted by Gasteiger charge is 2.38. The van der Waals surface area contributed by atoms with Gasteiger partial charge in [-0.25, -0.2) is 0 Å². The number of rotatable bonds is 5. The molecule has 0 radical (unpaired) electrons. The van der Waals surface area contributed by atoms with Crippen molar-refractivity contribution in [3.05, 3.63) is 0 Å². The maximum atomic E-state index is 11.7. The maximum Gasteiger partial charge on any atom is 0.323 e. The third-order valence-electron chi connectivity index (χ3n) is 4.10. The number of hydrogen-bond donors (Lipinski definition) is 1. The molecule has 0 heterocycles. The molecule has 0 bridgehead atoms. The third kappa shape index (κ3) is 2.76. The molecule has 0 aromatic rings. The van der Waals surface area contributed by atoms with E-state index in [1.807, 2.05) is 0 Å². The molecule has 0 spiro atoms. The minimum atomic E-state index is -0.0765.